The van der Waals surface area contributed by atoms with Crippen LogP contribution in [0, 0.1) is 5.92 Å². The topological polar surface area (TPSA) is 37.4 Å². The molecule has 1 saturated carbocycles. The molecule has 0 aromatic carbocycles. The molecule has 5 heteroatoms. The molecule has 1 aliphatic heterocycles. The molecule has 0 N–H and O–H groups in total. The van der Waals surface area contributed by atoms with Crippen LogP contribution in [0.25, 0.3) is 0 Å². The molecule has 0 aromatic rings. The predicted octanol–water partition coefficient (Wildman–Crippen LogP) is 2.99. The summed E-state index contributed by atoms with van der Waals surface area (Å²) < 4.78 is 26.5. The van der Waals surface area contributed by atoms with Crippen molar-refractivity contribution in [2.24, 2.45) is 5.92 Å². The molecule has 18 heavy (non-hydrogen) atoms. The van der Waals surface area contributed by atoms with Crippen molar-refractivity contribution in [3.8, 4) is 0 Å². The summed E-state index contributed by atoms with van der Waals surface area (Å²) in [6.07, 6.45) is 8.59. The van der Waals surface area contributed by atoms with Crippen LogP contribution in [-0.4, -0.2) is 36.9 Å². The van der Waals surface area contributed by atoms with Crippen LogP contribution in [0.15, 0.2) is 0 Å². The highest BCUT2D eigenvalue weighted by molar-refractivity contribution is 7.89. The van der Waals surface area contributed by atoms with E-state index in [2.05, 4.69) is 0 Å². The van der Waals surface area contributed by atoms with Gasteiger partial charge in [-0.15, -0.1) is 11.6 Å². The second-order valence-corrected chi connectivity index (χ2v) is 8.00. The number of sulfonamides is 1. The van der Waals surface area contributed by atoms with Crippen molar-refractivity contribution >= 4 is 21.6 Å². The lowest BCUT2D eigenvalue weighted by Crippen LogP contribution is -2.40. The van der Waals surface area contributed by atoms with Crippen molar-refractivity contribution in [3.63, 3.8) is 0 Å². The maximum atomic E-state index is 12.4. The van der Waals surface area contributed by atoms with E-state index in [0.29, 0.717) is 24.3 Å². The van der Waals surface area contributed by atoms with Gasteiger partial charge in [-0.05, 0) is 44.4 Å². The highest BCUT2D eigenvalue weighted by Gasteiger charge is 2.39. The van der Waals surface area contributed by atoms with Crippen LogP contribution in [0.5, 0.6) is 0 Å². The zero-order chi connectivity index (χ0) is 13.0. The Morgan fingerprint density at radius 3 is 2.44 bits per heavy atom. The maximum Gasteiger partial charge on any atom is 0.214 e. The Kier molecular flexibility index (Phi) is 5.34. The predicted molar refractivity (Wildman–Crippen MR) is 75.4 cm³/mol. The van der Waals surface area contributed by atoms with Crippen LogP contribution in [0.4, 0.5) is 0 Å². The molecule has 3 nitrogen and oxygen atoms in total. The Bertz CT molecular complexity index is 352. The normalized spacial score (nSPS) is 27.1. The molecule has 0 radical (unpaired) electrons. The minimum Gasteiger partial charge on any atom is -0.212 e. The average molecular weight is 294 g/mol. The molecule has 2 aliphatic rings. The minimum absolute atomic E-state index is 0.281. The van der Waals surface area contributed by atoms with Gasteiger partial charge in [-0.3, -0.25) is 0 Å². The molecule has 106 valence electrons. The highest BCUT2D eigenvalue weighted by atomic mass is 35.5. The maximum absolute atomic E-state index is 12.4. The van der Waals surface area contributed by atoms with Crippen molar-refractivity contribution in [3.05, 3.63) is 0 Å². The summed E-state index contributed by atoms with van der Waals surface area (Å²) in [6, 6.07) is 0.300. The lowest BCUT2D eigenvalue weighted by molar-refractivity contribution is 0.288. The second-order valence-electron chi connectivity index (χ2n) is 5.58. The Morgan fingerprint density at radius 1 is 1.06 bits per heavy atom. The molecule has 0 spiro atoms. The number of hydrogen-bond acceptors (Lipinski definition) is 2. The summed E-state index contributed by atoms with van der Waals surface area (Å²) in [5.41, 5.74) is 0. The summed E-state index contributed by atoms with van der Waals surface area (Å²) in [4.78, 5) is 0. The zero-order valence-corrected chi connectivity index (χ0v) is 12.6. The molecular formula is C13H24ClNO2S. The summed E-state index contributed by atoms with van der Waals surface area (Å²) >= 11 is 5.61. The molecule has 2 rings (SSSR count). The molecule has 1 saturated heterocycles. The quantitative estimate of drug-likeness (QED) is 0.558. The largest absolute Gasteiger partial charge is 0.214 e. The lowest BCUT2D eigenvalue weighted by atomic mass is 9.97. The minimum atomic E-state index is -3.04. The zero-order valence-electron chi connectivity index (χ0n) is 11.0. The lowest BCUT2D eigenvalue weighted by Gasteiger charge is -2.28. The molecule has 0 amide bonds. The van der Waals surface area contributed by atoms with E-state index in [0.717, 1.165) is 25.8 Å². The van der Waals surface area contributed by atoms with E-state index in [1.165, 1.54) is 25.7 Å². The fourth-order valence-corrected chi connectivity index (χ4v) is 5.51. The van der Waals surface area contributed by atoms with E-state index in [1.807, 2.05) is 4.31 Å². The van der Waals surface area contributed by atoms with Crippen LogP contribution in [0.3, 0.4) is 0 Å². The first kappa shape index (κ1) is 14.6. The van der Waals surface area contributed by atoms with Gasteiger partial charge in [0, 0.05) is 18.5 Å². The van der Waals surface area contributed by atoms with Gasteiger partial charge >= 0.3 is 0 Å². The monoisotopic (exact) mass is 293 g/mol. The van der Waals surface area contributed by atoms with E-state index >= 15 is 0 Å². The van der Waals surface area contributed by atoms with Crippen molar-refractivity contribution < 1.29 is 8.42 Å². The first-order valence-electron chi connectivity index (χ1n) is 7.20. The third kappa shape index (κ3) is 3.40. The van der Waals surface area contributed by atoms with Gasteiger partial charge in [0.2, 0.25) is 10.0 Å². The van der Waals surface area contributed by atoms with Crippen molar-refractivity contribution in [1.82, 2.24) is 4.31 Å². The third-order valence-electron chi connectivity index (χ3n) is 4.34. The third-order valence-corrected chi connectivity index (χ3v) is 6.58. The molecule has 1 aliphatic carbocycles. The smallest absolute Gasteiger partial charge is 0.212 e. The summed E-state index contributed by atoms with van der Waals surface area (Å²) in [5.74, 6) is 1.46. The van der Waals surface area contributed by atoms with Crippen LogP contribution in [0.1, 0.15) is 51.4 Å². The summed E-state index contributed by atoms with van der Waals surface area (Å²) in [6.45, 7) is 0.740. The van der Waals surface area contributed by atoms with Gasteiger partial charge in [0.1, 0.15) is 0 Å². The Hall–Kier alpha value is 0.200. The SMILES string of the molecule is O=S(=O)(CCCCCl)N1CCCC1C1CCCC1. The van der Waals surface area contributed by atoms with Gasteiger partial charge in [-0.2, -0.15) is 4.31 Å². The van der Waals surface area contributed by atoms with Crippen LogP contribution >= 0.6 is 11.6 Å². The van der Waals surface area contributed by atoms with Crippen LogP contribution < -0.4 is 0 Å². The number of rotatable bonds is 6. The number of alkyl halides is 1. The van der Waals surface area contributed by atoms with Gasteiger partial charge in [0.15, 0.2) is 0 Å². The number of halogens is 1. The fourth-order valence-electron chi connectivity index (χ4n) is 3.42. The first-order valence-corrected chi connectivity index (χ1v) is 9.35. The first-order chi connectivity index (χ1) is 8.65. The molecular weight excluding hydrogens is 270 g/mol. The van der Waals surface area contributed by atoms with Crippen molar-refractivity contribution in [2.45, 2.75) is 57.4 Å². The van der Waals surface area contributed by atoms with Crippen LogP contribution in [-0.2, 0) is 10.0 Å². The standard InChI is InChI=1S/C13H24ClNO2S/c14-9-3-4-11-18(16,17)15-10-5-8-13(15)12-6-1-2-7-12/h12-13H,1-11H2. The van der Waals surface area contributed by atoms with Gasteiger partial charge < -0.3 is 0 Å². The molecule has 0 aromatic heterocycles. The number of hydrogen-bond donors (Lipinski definition) is 0. The Balaban J connectivity index is 1.96. The molecule has 2 fully saturated rings. The summed E-state index contributed by atoms with van der Waals surface area (Å²) in [5, 5.41) is 0. The molecule has 1 atom stereocenters. The van der Waals surface area contributed by atoms with Gasteiger partial charge in [-0.25, -0.2) is 8.42 Å². The molecule has 1 unspecified atom stereocenters. The summed E-state index contributed by atoms with van der Waals surface area (Å²) in [7, 11) is -3.04. The van der Waals surface area contributed by atoms with E-state index in [1.54, 1.807) is 0 Å². The Morgan fingerprint density at radius 2 is 1.78 bits per heavy atom. The molecule has 1 heterocycles. The number of unbranched alkanes of at least 4 members (excludes halogenated alkanes) is 1. The van der Waals surface area contributed by atoms with E-state index in [-0.39, 0.29) is 5.75 Å². The second kappa shape index (κ2) is 6.58. The molecule has 0 bridgehead atoms. The average Bonchev–Trinajstić information content (AvgIpc) is 3.00. The van der Waals surface area contributed by atoms with E-state index in [4.69, 9.17) is 11.6 Å². The van der Waals surface area contributed by atoms with E-state index in [9.17, 15) is 8.42 Å². The van der Waals surface area contributed by atoms with Gasteiger partial charge in [0.05, 0.1) is 5.75 Å². The van der Waals surface area contributed by atoms with Crippen LogP contribution in [0.2, 0.25) is 0 Å². The van der Waals surface area contributed by atoms with Gasteiger partial charge in [0.25, 0.3) is 0 Å². The van der Waals surface area contributed by atoms with Crippen molar-refractivity contribution in [2.75, 3.05) is 18.2 Å². The number of nitrogens with zero attached hydrogens (tertiary/aromatic N) is 1. The van der Waals surface area contributed by atoms with Crippen molar-refractivity contribution in [1.29, 1.82) is 0 Å². The Labute approximate surface area is 116 Å². The van der Waals surface area contributed by atoms with E-state index < -0.39 is 10.0 Å². The highest BCUT2D eigenvalue weighted by Crippen LogP contribution is 2.36. The van der Waals surface area contributed by atoms with Gasteiger partial charge in [-0.1, -0.05) is 12.8 Å². The fraction of sp³-hybridized carbons (Fsp3) is 1.00.